The quantitative estimate of drug-likeness (QED) is 0.226. The standard InChI is InChI=1S/C27H34N4O2/c1-4-8-22(25-13-12-23(20-32)24(29-25)9-5-2)18-21(3)19-28-30-26-10-6-7-11-27(26)31-14-16-33-17-15-31/h4,6-8,10-11,13,18-20,29-30H,3,5,9,12,14-17H2,1-2H3/b8-4-,22-18+,28-19+. The van der Waals surface area contributed by atoms with E-state index < -0.39 is 0 Å². The zero-order valence-corrected chi connectivity index (χ0v) is 19.6. The molecule has 6 nitrogen and oxygen atoms in total. The Hall–Kier alpha value is -3.38. The van der Waals surface area contributed by atoms with Gasteiger partial charge in [0, 0.05) is 30.1 Å². The third kappa shape index (κ3) is 6.80. The van der Waals surface area contributed by atoms with E-state index in [4.69, 9.17) is 4.74 Å². The molecule has 6 heteroatoms. The Morgan fingerprint density at radius 2 is 2.09 bits per heavy atom. The second-order valence-corrected chi connectivity index (χ2v) is 7.98. The van der Waals surface area contributed by atoms with Gasteiger partial charge in [-0.3, -0.25) is 10.2 Å². The van der Waals surface area contributed by atoms with Crippen LogP contribution in [0, 0.1) is 0 Å². The van der Waals surface area contributed by atoms with Gasteiger partial charge in [-0.05, 0) is 49.1 Å². The summed E-state index contributed by atoms with van der Waals surface area (Å²) in [6.07, 6.45) is 13.2. The highest BCUT2D eigenvalue weighted by Crippen LogP contribution is 2.26. The van der Waals surface area contributed by atoms with Crippen molar-refractivity contribution in [3.8, 4) is 0 Å². The monoisotopic (exact) mass is 446 g/mol. The average Bonchev–Trinajstić information content (AvgIpc) is 2.85. The highest BCUT2D eigenvalue weighted by molar-refractivity contribution is 5.83. The number of morpholine rings is 1. The molecule has 2 heterocycles. The lowest BCUT2D eigenvalue weighted by Crippen LogP contribution is -2.36. The van der Waals surface area contributed by atoms with E-state index in [0.717, 1.165) is 84.9 Å². The largest absolute Gasteiger partial charge is 0.378 e. The number of carbonyl (C=O) groups excluding carboxylic acids is 1. The minimum absolute atomic E-state index is 0.635. The van der Waals surface area contributed by atoms with Gasteiger partial charge in [0.05, 0.1) is 30.8 Å². The molecule has 0 aromatic heterocycles. The number of nitrogens with zero attached hydrogens (tertiary/aromatic N) is 2. The molecule has 2 aliphatic heterocycles. The molecule has 1 saturated heterocycles. The Morgan fingerprint density at radius 1 is 1.30 bits per heavy atom. The highest BCUT2D eigenvalue weighted by Gasteiger charge is 2.15. The van der Waals surface area contributed by atoms with Crippen molar-refractivity contribution in [1.29, 1.82) is 0 Å². The topological polar surface area (TPSA) is 66.0 Å². The molecule has 0 radical (unpaired) electrons. The first kappa shape index (κ1) is 24.3. The zero-order chi connectivity index (χ0) is 23.5. The predicted molar refractivity (Wildman–Crippen MR) is 137 cm³/mol. The molecule has 0 spiro atoms. The van der Waals surface area contributed by atoms with Crippen molar-refractivity contribution in [2.24, 2.45) is 5.10 Å². The van der Waals surface area contributed by atoms with Gasteiger partial charge in [-0.15, -0.1) is 0 Å². The van der Waals surface area contributed by atoms with Crippen LogP contribution in [0.3, 0.4) is 0 Å². The Morgan fingerprint density at radius 3 is 2.82 bits per heavy atom. The fourth-order valence-electron chi connectivity index (χ4n) is 3.88. The van der Waals surface area contributed by atoms with Crippen molar-refractivity contribution in [3.05, 3.63) is 83.3 Å². The van der Waals surface area contributed by atoms with E-state index in [0.29, 0.717) is 6.42 Å². The van der Waals surface area contributed by atoms with Crippen molar-refractivity contribution in [3.63, 3.8) is 0 Å². The van der Waals surface area contributed by atoms with E-state index in [-0.39, 0.29) is 0 Å². The van der Waals surface area contributed by atoms with E-state index in [1.165, 1.54) is 0 Å². The molecule has 1 aromatic carbocycles. The molecular weight excluding hydrogens is 412 g/mol. The molecule has 1 fully saturated rings. The molecule has 33 heavy (non-hydrogen) atoms. The first-order valence-corrected chi connectivity index (χ1v) is 11.5. The number of dihydropyridines is 1. The number of hydrazone groups is 1. The maximum absolute atomic E-state index is 11.4. The lowest BCUT2D eigenvalue weighted by molar-refractivity contribution is -0.105. The fourth-order valence-corrected chi connectivity index (χ4v) is 3.88. The van der Waals surface area contributed by atoms with Crippen LogP contribution >= 0.6 is 0 Å². The van der Waals surface area contributed by atoms with Gasteiger partial charge in [-0.2, -0.15) is 5.10 Å². The lowest BCUT2D eigenvalue weighted by atomic mass is 9.99. The fraction of sp³-hybridized carbons (Fsp3) is 0.333. The summed E-state index contributed by atoms with van der Waals surface area (Å²) in [4.78, 5) is 13.7. The summed E-state index contributed by atoms with van der Waals surface area (Å²) >= 11 is 0. The number of allylic oxidation sites excluding steroid dienone is 7. The van der Waals surface area contributed by atoms with Crippen molar-refractivity contribution in [2.45, 2.75) is 33.1 Å². The van der Waals surface area contributed by atoms with Crippen molar-refractivity contribution >= 4 is 23.9 Å². The number of nitrogens with one attached hydrogen (secondary N) is 2. The third-order valence-electron chi connectivity index (χ3n) is 5.51. The van der Waals surface area contributed by atoms with Gasteiger partial charge >= 0.3 is 0 Å². The summed E-state index contributed by atoms with van der Waals surface area (Å²) in [5.74, 6) is 0. The number of anilines is 2. The molecule has 3 rings (SSSR count). The van der Waals surface area contributed by atoms with Crippen molar-refractivity contribution in [1.82, 2.24) is 5.32 Å². The minimum Gasteiger partial charge on any atom is -0.378 e. The number of carbonyl (C=O) groups is 1. The first-order chi connectivity index (χ1) is 16.2. The van der Waals surface area contributed by atoms with Crippen LogP contribution in [0.25, 0.3) is 0 Å². The number of aldehydes is 1. The van der Waals surface area contributed by atoms with Gasteiger partial charge in [0.15, 0.2) is 0 Å². The van der Waals surface area contributed by atoms with Crippen LogP contribution in [0.5, 0.6) is 0 Å². The summed E-state index contributed by atoms with van der Waals surface area (Å²) in [6, 6.07) is 8.15. The number of benzene rings is 1. The number of hydrogen-bond donors (Lipinski definition) is 2. The van der Waals surface area contributed by atoms with Crippen LogP contribution in [0.2, 0.25) is 0 Å². The number of hydrogen-bond acceptors (Lipinski definition) is 6. The summed E-state index contributed by atoms with van der Waals surface area (Å²) in [7, 11) is 0. The minimum atomic E-state index is 0.635. The predicted octanol–water partition coefficient (Wildman–Crippen LogP) is 5.11. The molecule has 0 aliphatic carbocycles. The number of ether oxygens (including phenoxy) is 1. The molecule has 0 unspecified atom stereocenters. The van der Waals surface area contributed by atoms with Crippen molar-refractivity contribution in [2.75, 3.05) is 36.6 Å². The average molecular weight is 447 g/mol. The number of rotatable bonds is 10. The van der Waals surface area contributed by atoms with Gasteiger partial charge < -0.3 is 15.0 Å². The second kappa shape index (κ2) is 12.6. The number of para-hydroxylation sites is 2. The Kier molecular flexibility index (Phi) is 9.27. The van der Waals surface area contributed by atoms with E-state index in [2.05, 4.69) is 46.4 Å². The van der Waals surface area contributed by atoms with E-state index in [9.17, 15) is 4.79 Å². The van der Waals surface area contributed by atoms with E-state index in [1.54, 1.807) is 6.21 Å². The molecular formula is C27H34N4O2. The SMILES string of the molecule is C=C(/C=N/Nc1ccccc1N1CCOCC1)/C=C(\C=C/C)C1=CCC(C=O)=C(CCC)N1. The zero-order valence-electron chi connectivity index (χ0n) is 19.6. The van der Waals surface area contributed by atoms with Crippen LogP contribution in [-0.4, -0.2) is 38.8 Å². The van der Waals surface area contributed by atoms with Crippen molar-refractivity contribution < 1.29 is 9.53 Å². The summed E-state index contributed by atoms with van der Waals surface area (Å²) in [5.41, 5.74) is 9.82. The van der Waals surface area contributed by atoms with E-state index in [1.807, 2.05) is 43.4 Å². The van der Waals surface area contributed by atoms with Crippen LogP contribution < -0.4 is 15.6 Å². The Bertz CT molecular complexity index is 995. The van der Waals surface area contributed by atoms with Crippen LogP contribution in [0.1, 0.15) is 33.1 Å². The smallest absolute Gasteiger partial charge is 0.148 e. The molecule has 2 aliphatic rings. The van der Waals surface area contributed by atoms with Crippen LogP contribution in [0.15, 0.2) is 88.4 Å². The molecule has 0 amide bonds. The molecule has 174 valence electrons. The third-order valence-corrected chi connectivity index (χ3v) is 5.51. The molecule has 2 N–H and O–H groups in total. The molecule has 0 saturated carbocycles. The Labute approximate surface area is 197 Å². The second-order valence-electron chi connectivity index (χ2n) is 7.98. The van der Waals surface area contributed by atoms with Gasteiger partial charge in [0.1, 0.15) is 6.29 Å². The lowest BCUT2D eigenvalue weighted by Gasteiger charge is -2.30. The maximum Gasteiger partial charge on any atom is 0.148 e. The maximum atomic E-state index is 11.4. The highest BCUT2D eigenvalue weighted by atomic mass is 16.5. The van der Waals surface area contributed by atoms with Gasteiger partial charge in [-0.1, -0.05) is 50.3 Å². The normalized spacial score (nSPS) is 17.3. The Balaban J connectivity index is 1.69. The first-order valence-electron chi connectivity index (χ1n) is 11.5. The van der Waals surface area contributed by atoms with Gasteiger partial charge in [0.25, 0.3) is 0 Å². The van der Waals surface area contributed by atoms with Crippen LogP contribution in [-0.2, 0) is 9.53 Å². The summed E-state index contributed by atoms with van der Waals surface area (Å²) in [5, 5.41) is 7.87. The van der Waals surface area contributed by atoms with E-state index >= 15 is 0 Å². The molecule has 1 aromatic rings. The molecule has 0 bridgehead atoms. The van der Waals surface area contributed by atoms with Gasteiger partial charge in [-0.25, -0.2) is 0 Å². The van der Waals surface area contributed by atoms with Gasteiger partial charge in [0.2, 0.25) is 0 Å². The summed E-state index contributed by atoms with van der Waals surface area (Å²) < 4.78 is 5.47. The summed E-state index contributed by atoms with van der Waals surface area (Å²) in [6.45, 7) is 11.5. The van der Waals surface area contributed by atoms with Crippen LogP contribution in [0.4, 0.5) is 11.4 Å². The molecule has 0 atom stereocenters.